The molecule has 1 spiro atoms. The average molecular weight is 242 g/mol. The summed E-state index contributed by atoms with van der Waals surface area (Å²) >= 11 is 0. The molecule has 1 N–H and O–H groups in total. The van der Waals surface area contributed by atoms with Gasteiger partial charge in [0.25, 0.3) is 0 Å². The Hall–Kier alpha value is -0.160. The van der Waals surface area contributed by atoms with E-state index < -0.39 is 0 Å². The molecule has 0 radical (unpaired) electrons. The molecule has 4 nitrogen and oxygen atoms in total. The molecule has 0 aliphatic carbocycles. The van der Waals surface area contributed by atoms with E-state index in [1.54, 1.807) is 0 Å². The van der Waals surface area contributed by atoms with Crippen molar-refractivity contribution >= 4 is 0 Å². The van der Waals surface area contributed by atoms with Crippen molar-refractivity contribution in [3.05, 3.63) is 0 Å². The van der Waals surface area contributed by atoms with E-state index in [9.17, 15) is 0 Å². The summed E-state index contributed by atoms with van der Waals surface area (Å²) in [5.41, 5.74) is 0.117. The lowest BCUT2D eigenvalue weighted by atomic mass is 9.84. The maximum Gasteiger partial charge on any atom is 0.0741 e. The lowest BCUT2D eigenvalue weighted by Gasteiger charge is -2.43. The van der Waals surface area contributed by atoms with Gasteiger partial charge in [0, 0.05) is 39.0 Å². The Balaban J connectivity index is 1.76. The van der Waals surface area contributed by atoms with Gasteiger partial charge in [0.1, 0.15) is 0 Å². The van der Waals surface area contributed by atoms with Gasteiger partial charge in [-0.2, -0.15) is 0 Å². The fourth-order valence-corrected chi connectivity index (χ4v) is 2.79. The van der Waals surface area contributed by atoms with Gasteiger partial charge in [0.05, 0.1) is 5.60 Å². The van der Waals surface area contributed by atoms with Crippen LogP contribution in [0.3, 0.4) is 0 Å². The van der Waals surface area contributed by atoms with Gasteiger partial charge in [-0.15, -0.1) is 0 Å². The molecule has 0 saturated carbocycles. The van der Waals surface area contributed by atoms with E-state index in [0.717, 1.165) is 58.6 Å². The van der Waals surface area contributed by atoms with E-state index in [1.165, 1.54) is 0 Å². The molecule has 0 amide bonds. The standard InChI is InChI=1S/C13H26N2O2/c1-15(2)7-6-14-12-3-8-17-13(11-12)4-9-16-10-5-13/h12,14H,3-11H2,1-2H3. The van der Waals surface area contributed by atoms with Crippen molar-refractivity contribution in [2.24, 2.45) is 0 Å². The van der Waals surface area contributed by atoms with Crippen LogP contribution in [-0.4, -0.2) is 63.5 Å². The van der Waals surface area contributed by atoms with Crippen LogP contribution in [0.15, 0.2) is 0 Å². The zero-order valence-corrected chi connectivity index (χ0v) is 11.2. The highest BCUT2D eigenvalue weighted by atomic mass is 16.5. The van der Waals surface area contributed by atoms with Crippen LogP contribution in [0, 0.1) is 0 Å². The number of nitrogens with zero attached hydrogens (tertiary/aromatic N) is 1. The van der Waals surface area contributed by atoms with Gasteiger partial charge in [0.2, 0.25) is 0 Å². The lowest BCUT2D eigenvalue weighted by molar-refractivity contribution is -0.140. The Morgan fingerprint density at radius 2 is 2.00 bits per heavy atom. The van der Waals surface area contributed by atoms with Gasteiger partial charge >= 0.3 is 0 Å². The third-order valence-corrected chi connectivity index (χ3v) is 3.89. The SMILES string of the molecule is CN(C)CCNC1CCOC2(CCOCC2)C1. The third-order valence-electron chi connectivity index (χ3n) is 3.89. The molecule has 2 fully saturated rings. The van der Waals surface area contributed by atoms with Gasteiger partial charge in [-0.05, 0) is 39.8 Å². The highest BCUT2D eigenvalue weighted by Crippen LogP contribution is 2.34. The molecule has 0 aromatic carbocycles. The van der Waals surface area contributed by atoms with Crippen molar-refractivity contribution in [1.29, 1.82) is 0 Å². The third kappa shape index (κ3) is 3.91. The Labute approximate surface area is 105 Å². The molecule has 1 atom stereocenters. The first kappa shape index (κ1) is 13.3. The Bertz CT molecular complexity index is 222. The van der Waals surface area contributed by atoms with Gasteiger partial charge < -0.3 is 19.7 Å². The minimum Gasteiger partial charge on any atom is -0.381 e. The van der Waals surface area contributed by atoms with E-state index in [2.05, 4.69) is 24.3 Å². The van der Waals surface area contributed by atoms with Crippen LogP contribution in [0.25, 0.3) is 0 Å². The summed E-state index contributed by atoms with van der Waals surface area (Å²) in [7, 11) is 4.23. The predicted molar refractivity (Wildman–Crippen MR) is 68.3 cm³/mol. The van der Waals surface area contributed by atoms with Crippen LogP contribution in [-0.2, 0) is 9.47 Å². The number of hydrogen-bond acceptors (Lipinski definition) is 4. The molecule has 2 aliphatic heterocycles. The normalized spacial score (nSPS) is 28.8. The van der Waals surface area contributed by atoms with Crippen LogP contribution < -0.4 is 5.32 Å². The summed E-state index contributed by atoms with van der Waals surface area (Å²) < 4.78 is 11.5. The molecular weight excluding hydrogens is 216 g/mol. The molecule has 0 aromatic rings. The van der Waals surface area contributed by atoms with Crippen molar-refractivity contribution in [3.63, 3.8) is 0 Å². The Kier molecular flexibility index (Phi) is 4.79. The molecule has 17 heavy (non-hydrogen) atoms. The molecule has 100 valence electrons. The number of likely N-dealkylation sites (N-methyl/N-ethyl adjacent to an activating group) is 1. The van der Waals surface area contributed by atoms with Crippen LogP contribution >= 0.6 is 0 Å². The summed E-state index contributed by atoms with van der Waals surface area (Å²) in [6.45, 7) is 4.81. The molecule has 0 aromatic heterocycles. The van der Waals surface area contributed by atoms with E-state index in [-0.39, 0.29) is 5.60 Å². The van der Waals surface area contributed by atoms with E-state index in [4.69, 9.17) is 9.47 Å². The molecule has 1 unspecified atom stereocenters. The summed E-state index contributed by atoms with van der Waals surface area (Å²) in [4.78, 5) is 2.22. The largest absolute Gasteiger partial charge is 0.381 e. The molecule has 2 heterocycles. The Morgan fingerprint density at radius 3 is 2.71 bits per heavy atom. The highest BCUT2D eigenvalue weighted by Gasteiger charge is 2.38. The molecule has 2 rings (SSSR count). The highest BCUT2D eigenvalue weighted by molar-refractivity contribution is 4.91. The molecule has 2 aliphatic rings. The van der Waals surface area contributed by atoms with Gasteiger partial charge in [-0.25, -0.2) is 0 Å². The van der Waals surface area contributed by atoms with E-state index >= 15 is 0 Å². The summed E-state index contributed by atoms with van der Waals surface area (Å²) in [5, 5.41) is 3.66. The smallest absolute Gasteiger partial charge is 0.0741 e. The monoisotopic (exact) mass is 242 g/mol. The molecule has 2 saturated heterocycles. The second-order valence-corrected chi connectivity index (χ2v) is 5.59. The molecule has 0 bridgehead atoms. The van der Waals surface area contributed by atoms with Crippen LogP contribution in [0.4, 0.5) is 0 Å². The summed E-state index contributed by atoms with van der Waals surface area (Å²) in [6.07, 6.45) is 4.44. The Morgan fingerprint density at radius 1 is 1.24 bits per heavy atom. The minimum absolute atomic E-state index is 0.117. The van der Waals surface area contributed by atoms with Crippen LogP contribution in [0.2, 0.25) is 0 Å². The first-order chi connectivity index (χ1) is 8.20. The van der Waals surface area contributed by atoms with Gasteiger partial charge in [-0.3, -0.25) is 0 Å². The van der Waals surface area contributed by atoms with Crippen molar-refractivity contribution in [2.45, 2.75) is 37.3 Å². The lowest BCUT2D eigenvalue weighted by Crippen LogP contribution is -2.50. The van der Waals surface area contributed by atoms with Crippen molar-refractivity contribution in [2.75, 3.05) is 47.0 Å². The van der Waals surface area contributed by atoms with Crippen LogP contribution in [0.1, 0.15) is 25.7 Å². The summed E-state index contributed by atoms with van der Waals surface area (Å²) in [6, 6.07) is 0.627. The second-order valence-electron chi connectivity index (χ2n) is 5.59. The van der Waals surface area contributed by atoms with E-state index in [0.29, 0.717) is 6.04 Å². The van der Waals surface area contributed by atoms with E-state index in [1.807, 2.05) is 0 Å². The van der Waals surface area contributed by atoms with Crippen LogP contribution in [0.5, 0.6) is 0 Å². The fraction of sp³-hybridized carbons (Fsp3) is 1.00. The quantitative estimate of drug-likeness (QED) is 0.793. The maximum atomic E-state index is 6.03. The summed E-state index contributed by atoms with van der Waals surface area (Å²) in [5.74, 6) is 0. The minimum atomic E-state index is 0.117. The number of hydrogen-bond donors (Lipinski definition) is 1. The number of nitrogens with one attached hydrogen (secondary N) is 1. The van der Waals surface area contributed by atoms with Crippen molar-refractivity contribution < 1.29 is 9.47 Å². The number of ether oxygens (including phenoxy) is 2. The number of rotatable bonds is 4. The van der Waals surface area contributed by atoms with Crippen molar-refractivity contribution in [3.8, 4) is 0 Å². The van der Waals surface area contributed by atoms with Gasteiger partial charge in [-0.1, -0.05) is 0 Å². The fourth-order valence-electron chi connectivity index (χ4n) is 2.79. The zero-order chi connectivity index (χ0) is 12.1. The maximum absolute atomic E-state index is 6.03. The first-order valence-corrected chi connectivity index (χ1v) is 6.80. The van der Waals surface area contributed by atoms with Gasteiger partial charge in [0.15, 0.2) is 0 Å². The molecule has 4 heteroatoms. The zero-order valence-electron chi connectivity index (χ0n) is 11.2. The first-order valence-electron chi connectivity index (χ1n) is 6.80. The average Bonchev–Trinajstić information content (AvgIpc) is 2.29. The topological polar surface area (TPSA) is 33.7 Å². The predicted octanol–water partition coefficient (Wildman–Crippen LogP) is 0.866. The van der Waals surface area contributed by atoms with Crippen molar-refractivity contribution in [1.82, 2.24) is 10.2 Å². The second kappa shape index (κ2) is 6.14. The molecular formula is C13H26N2O2.